The zero-order valence-corrected chi connectivity index (χ0v) is 10.7. The van der Waals surface area contributed by atoms with Crippen molar-refractivity contribution in [1.29, 1.82) is 5.26 Å². The average Bonchev–Trinajstić information content (AvgIpc) is 2.27. The van der Waals surface area contributed by atoms with E-state index in [0.717, 1.165) is 25.7 Å². The quantitative estimate of drug-likeness (QED) is 0.651. The van der Waals surface area contributed by atoms with Crippen molar-refractivity contribution in [1.82, 2.24) is 5.32 Å². The molecular formula is C13H20N2O2. The second-order valence-corrected chi connectivity index (χ2v) is 6.20. The first kappa shape index (κ1) is 12.4. The first-order valence-corrected chi connectivity index (χ1v) is 6.28. The Balaban J connectivity index is 2.28. The first-order chi connectivity index (χ1) is 7.89. The van der Waals surface area contributed by atoms with Crippen molar-refractivity contribution >= 4 is 5.97 Å². The minimum atomic E-state index is -0.663. The van der Waals surface area contributed by atoms with Crippen molar-refractivity contribution in [3.63, 3.8) is 0 Å². The van der Waals surface area contributed by atoms with Crippen molar-refractivity contribution in [3.05, 3.63) is 0 Å². The molecule has 1 saturated heterocycles. The normalized spacial score (nSPS) is 37.9. The highest BCUT2D eigenvalue weighted by Gasteiger charge is 2.52. The molecule has 1 heterocycles. The van der Waals surface area contributed by atoms with E-state index >= 15 is 0 Å². The fourth-order valence-corrected chi connectivity index (χ4v) is 2.72. The Kier molecular flexibility index (Phi) is 2.90. The van der Waals surface area contributed by atoms with Gasteiger partial charge in [0.1, 0.15) is 17.7 Å². The summed E-state index contributed by atoms with van der Waals surface area (Å²) in [4.78, 5) is 12.0. The molecule has 4 nitrogen and oxygen atoms in total. The first-order valence-electron chi connectivity index (χ1n) is 6.28. The van der Waals surface area contributed by atoms with Crippen LogP contribution in [0.1, 0.15) is 46.5 Å². The van der Waals surface area contributed by atoms with E-state index in [-0.39, 0.29) is 17.5 Å². The van der Waals surface area contributed by atoms with E-state index in [0.29, 0.717) is 0 Å². The highest BCUT2D eigenvalue weighted by molar-refractivity contribution is 5.78. The fraction of sp³-hybridized carbons (Fsp3) is 0.846. The third-order valence-corrected chi connectivity index (χ3v) is 3.80. The fourth-order valence-electron chi connectivity index (χ4n) is 2.72. The van der Waals surface area contributed by atoms with Crippen LogP contribution in [0.4, 0.5) is 0 Å². The van der Waals surface area contributed by atoms with Gasteiger partial charge >= 0.3 is 5.97 Å². The van der Waals surface area contributed by atoms with Crippen LogP contribution in [0, 0.1) is 16.7 Å². The maximum atomic E-state index is 12.0. The number of nitrogens with one attached hydrogen (secondary N) is 1. The lowest BCUT2D eigenvalue weighted by Crippen LogP contribution is -2.69. The molecule has 0 amide bonds. The summed E-state index contributed by atoms with van der Waals surface area (Å²) in [6, 6.07) is 1.96. The Bertz CT molecular complexity index is 367. The molecule has 2 fully saturated rings. The van der Waals surface area contributed by atoms with Crippen molar-refractivity contribution in [3.8, 4) is 6.07 Å². The zero-order valence-electron chi connectivity index (χ0n) is 10.7. The van der Waals surface area contributed by atoms with Gasteiger partial charge in [0.05, 0.1) is 6.07 Å². The predicted octanol–water partition coefficient (Wildman–Crippen LogP) is 1.75. The van der Waals surface area contributed by atoms with Gasteiger partial charge in [0, 0.05) is 0 Å². The molecule has 0 unspecified atom stereocenters. The van der Waals surface area contributed by atoms with E-state index in [9.17, 15) is 10.1 Å². The maximum Gasteiger partial charge on any atom is 0.324 e. The van der Waals surface area contributed by atoms with Gasteiger partial charge in [0.25, 0.3) is 0 Å². The van der Waals surface area contributed by atoms with Crippen LogP contribution in [-0.2, 0) is 9.53 Å². The summed E-state index contributed by atoms with van der Waals surface area (Å²) in [7, 11) is 0. The Morgan fingerprint density at radius 3 is 2.76 bits per heavy atom. The van der Waals surface area contributed by atoms with Gasteiger partial charge in [-0.2, -0.15) is 5.26 Å². The lowest BCUT2D eigenvalue weighted by molar-refractivity contribution is -0.170. The summed E-state index contributed by atoms with van der Waals surface area (Å²) in [5.74, 6) is -0.213. The Labute approximate surface area is 102 Å². The monoisotopic (exact) mass is 236 g/mol. The Hall–Kier alpha value is -1.08. The minimum Gasteiger partial charge on any atom is -0.458 e. The van der Waals surface area contributed by atoms with Crippen molar-refractivity contribution in [2.75, 3.05) is 0 Å². The Morgan fingerprint density at radius 2 is 2.18 bits per heavy atom. The molecule has 2 rings (SSSR count). The molecule has 3 atom stereocenters. The van der Waals surface area contributed by atoms with E-state index in [2.05, 4.69) is 11.4 Å². The second kappa shape index (κ2) is 3.99. The molecular weight excluding hydrogens is 216 g/mol. The summed E-state index contributed by atoms with van der Waals surface area (Å²) in [6.45, 7) is 5.96. The van der Waals surface area contributed by atoms with Gasteiger partial charge in [-0.3, -0.25) is 10.1 Å². The summed E-state index contributed by atoms with van der Waals surface area (Å²) >= 11 is 0. The van der Waals surface area contributed by atoms with E-state index in [1.165, 1.54) is 0 Å². The van der Waals surface area contributed by atoms with Crippen LogP contribution in [0.25, 0.3) is 0 Å². The number of rotatable bonds is 0. The van der Waals surface area contributed by atoms with Crippen LogP contribution in [0.15, 0.2) is 0 Å². The molecule has 1 N–H and O–H groups in total. The number of morpholine rings is 1. The van der Waals surface area contributed by atoms with Gasteiger partial charge in [0.2, 0.25) is 0 Å². The van der Waals surface area contributed by atoms with E-state index < -0.39 is 11.6 Å². The van der Waals surface area contributed by atoms with Crippen molar-refractivity contribution < 1.29 is 9.53 Å². The van der Waals surface area contributed by atoms with Crippen molar-refractivity contribution in [2.45, 2.75) is 64.1 Å². The molecule has 4 heteroatoms. The van der Waals surface area contributed by atoms with Crippen LogP contribution < -0.4 is 5.32 Å². The van der Waals surface area contributed by atoms with Crippen LogP contribution in [0.3, 0.4) is 0 Å². The molecule has 1 aliphatic heterocycles. The third-order valence-electron chi connectivity index (χ3n) is 3.80. The Morgan fingerprint density at radius 1 is 1.47 bits per heavy atom. The number of hydrogen-bond acceptors (Lipinski definition) is 4. The number of hydrogen-bond donors (Lipinski definition) is 1. The van der Waals surface area contributed by atoms with Gasteiger partial charge < -0.3 is 4.74 Å². The lowest BCUT2D eigenvalue weighted by Gasteiger charge is -2.48. The maximum absolute atomic E-state index is 12.0. The molecule has 0 radical (unpaired) electrons. The van der Waals surface area contributed by atoms with E-state index in [1.807, 2.05) is 20.8 Å². The number of esters is 1. The van der Waals surface area contributed by atoms with Crippen LogP contribution in [-0.4, -0.2) is 23.7 Å². The summed E-state index contributed by atoms with van der Waals surface area (Å²) in [6.07, 6.45) is 3.35. The molecule has 2 aliphatic rings. The molecule has 1 saturated carbocycles. The van der Waals surface area contributed by atoms with Crippen LogP contribution in [0.2, 0.25) is 0 Å². The van der Waals surface area contributed by atoms with E-state index in [1.54, 1.807) is 0 Å². The molecule has 17 heavy (non-hydrogen) atoms. The predicted molar refractivity (Wildman–Crippen MR) is 63.1 cm³/mol. The second-order valence-electron chi connectivity index (χ2n) is 6.20. The smallest absolute Gasteiger partial charge is 0.324 e. The topological polar surface area (TPSA) is 62.1 Å². The SMILES string of the molecule is CC(C)(C)[C@@H]1N[C@]2(C#N)CCCC[C@H]2OC1=O. The standard InChI is InChI=1S/C13H20N2O2/c1-12(2,3)10-11(16)17-9-6-4-5-7-13(9,8-14)15-10/h9-10,15H,4-7H2,1-3H3/t9-,10-,13+/m1/s1. The van der Waals surface area contributed by atoms with Gasteiger partial charge in [-0.15, -0.1) is 0 Å². The molecule has 94 valence electrons. The van der Waals surface area contributed by atoms with Gasteiger partial charge in [-0.1, -0.05) is 27.2 Å². The summed E-state index contributed by atoms with van der Waals surface area (Å²) < 4.78 is 5.50. The highest BCUT2D eigenvalue weighted by atomic mass is 16.6. The molecule has 0 aromatic carbocycles. The van der Waals surface area contributed by atoms with Crippen molar-refractivity contribution in [2.24, 2.45) is 5.41 Å². The third kappa shape index (κ3) is 2.04. The molecule has 0 aromatic heterocycles. The number of ether oxygens (including phenoxy) is 1. The van der Waals surface area contributed by atoms with Gasteiger partial charge in [-0.05, 0) is 24.7 Å². The minimum absolute atomic E-state index is 0.213. The average molecular weight is 236 g/mol. The van der Waals surface area contributed by atoms with Crippen LogP contribution in [0.5, 0.6) is 0 Å². The molecule has 1 aliphatic carbocycles. The van der Waals surface area contributed by atoms with E-state index in [4.69, 9.17) is 4.74 Å². The number of fused-ring (bicyclic) bond motifs is 1. The number of carbonyl (C=O) groups excluding carboxylic acids is 1. The van der Waals surface area contributed by atoms with Gasteiger partial charge in [-0.25, -0.2) is 0 Å². The zero-order chi connectivity index (χ0) is 12.7. The summed E-state index contributed by atoms with van der Waals surface area (Å²) in [5.41, 5.74) is -0.895. The number of nitrogens with zero attached hydrogens (tertiary/aromatic N) is 1. The lowest BCUT2D eigenvalue weighted by atomic mass is 9.75. The summed E-state index contributed by atoms with van der Waals surface area (Å²) in [5, 5.41) is 12.7. The van der Waals surface area contributed by atoms with Gasteiger partial charge in [0.15, 0.2) is 0 Å². The van der Waals surface area contributed by atoms with Crippen LogP contribution >= 0.6 is 0 Å². The molecule has 0 bridgehead atoms. The largest absolute Gasteiger partial charge is 0.458 e. The molecule has 0 spiro atoms. The molecule has 0 aromatic rings. The highest BCUT2D eigenvalue weighted by Crippen LogP contribution is 2.37. The number of nitriles is 1. The number of carbonyl (C=O) groups is 1.